The second-order valence-electron chi connectivity index (χ2n) is 5.95. The Bertz CT molecular complexity index is 733. The molecule has 3 nitrogen and oxygen atoms in total. The highest BCUT2D eigenvalue weighted by Crippen LogP contribution is 2.23. The van der Waals surface area contributed by atoms with Gasteiger partial charge in [0.2, 0.25) is 0 Å². The lowest BCUT2D eigenvalue weighted by Crippen LogP contribution is -2.40. The van der Waals surface area contributed by atoms with Gasteiger partial charge in [0.15, 0.2) is 5.78 Å². The van der Waals surface area contributed by atoms with Gasteiger partial charge in [0.05, 0.1) is 0 Å². The van der Waals surface area contributed by atoms with Crippen LogP contribution in [-0.4, -0.2) is 29.7 Å². The van der Waals surface area contributed by atoms with E-state index in [1.807, 2.05) is 18.2 Å². The van der Waals surface area contributed by atoms with Crippen molar-refractivity contribution < 1.29 is 18.4 Å². The van der Waals surface area contributed by atoms with Gasteiger partial charge >= 0.3 is 0 Å². The number of ketones is 1. The zero-order valence-corrected chi connectivity index (χ0v) is 13.0. The van der Waals surface area contributed by atoms with Crippen LogP contribution in [0.25, 0.3) is 0 Å². The highest BCUT2D eigenvalue weighted by Gasteiger charge is 2.28. The Morgan fingerprint density at radius 3 is 2.04 bits per heavy atom. The maximum atomic E-state index is 13.3. The average Bonchev–Trinajstić information content (AvgIpc) is 2.60. The van der Waals surface area contributed by atoms with Gasteiger partial charge in [-0.05, 0) is 25.0 Å². The number of piperidine rings is 1. The minimum absolute atomic E-state index is 0.000311. The fraction of sp³-hybridized carbons (Fsp3) is 0.263. The van der Waals surface area contributed by atoms with E-state index < -0.39 is 17.5 Å². The Labute approximate surface area is 138 Å². The van der Waals surface area contributed by atoms with E-state index in [1.165, 1.54) is 0 Å². The van der Waals surface area contributed by atoms with Crippen molar-refractivity contribution in [2.24, 2.45) is 5.92 Å². The van der Waals surface area contributed by atoms with Gasteiger partial charge in [0.25, 0.3) is 5.91 Å². The zero-order valence-electron chi connectivity index (χ0n) is 13.0. The van der Waals surface area contributed by atoms with E-state index in [9.17, 15) is 18.4 Å². The monoisotopic (exact) mass is 329 g/mol. The van der Waals surface area contributed by atoms with Crippen LogP contribution in [0.15, 0.2) is 48.5 Å². The van der Waals surface area contributed by atoms with E-state index in [0.717, 1.165) is 18.2 Å². The molecule has 0 N–H and O–H groups in total. The lowest BCUT2D eigenvalue weighted by molar-refractivity contribution is 0.0649. The number of Topliss-reactive ketones (excluding diaryl/α,β-unsaturated/α-hetero) is 1. The number of carbonyl (C=O) groups is 2. The molecule has 0 aromatic heterocycles. The van der Waals surface area contributed by atoms with Gasteiger partial charge in [-0.25, -0.2) is 8.78 Å². The molecule has 1 heterocycles. The molecule has 1 aliphatic rings. The fourth-order valence-electron chi connectivity index (χ4n) is 3.04. The standard InChI is InChI=1S/C19H17F2NO2/c20-16-10-15(11-17(21)12-16)19(24)22-8-6-14(7-9-22)18(23)13-4-2-1-3-5-13/h1-5,10-12,14H,6-9H2. The van der Waals surface area contributed by atoms with Crippen molar-refractivity contribution >= 4 is 11.7 Å². The van der Waals surface area contributed by atoms with E-state index in [2.05, 4.69) is 0 Å². The van der Waals surface area contributed by atoms with Crippen LogP contribution in [0.4, 0.5) is 8.78 Å². The molecule has 124 valence electrons. The first-order valence-electron chi connectivity index (χ1n) is 7.89. The molecule has 0 atom stereocenters. The summed E-state index contributed by atoms with van der Waals surface area (Å²) in [5, 5.41) is 0. The summed E-state index contributed by atoms with van der Waals surface area (Å²) in [7, 11) is 0. The van der Waals surface area contributed by atoms with Crippen molar-refractivity contribution in [1.82, 2.24) is 4.90 Å². The Morgan fingerprint density at radius 1 is 0.875 bits per heavy atom. The largest absolute Gasteiger partial charge is 0.339 e. The molecule has 1 aliphatic heterocycles. The maximum absolute atomic E-state index is 13.3. The normalized spacial score (nSPS) is 15.3. The number of rotatable bonds is 3. The summed E-state index contributed by atoms with van der Waals surface area (Å²) < 4.78 is 26.5. The number of benzene rings is 2. The van der Waals surface area contributed by atoms with Crippen molar-refractivity contribution in [3.05, 3.63) is 71.3 Å². The van der Waals surface area contributed by atoms with Gasteiger partial charge in [-0.3, -0.25) is 9.59 Å². The second-order valence-corrected chi connectivity index (χ2v) is 5.95. The zero-order chi connectivity index (χ0) is 17.1. The highest BCUT2D eigenvalue weighted by molar-refractivity contribution is 5.98. The molecule has 2 aromatic rings. The summed E-state index contributed by atoms with van der Waals surface area (Å²) in [5.41, 5.74) is 0.676. The second kappa shape index (κ2) is 6.91. The minimum Gasteiger partial charge on any atom is -0.339 e. The number of carbonyl (C=O) groups excluding carboxylic acids is 2. The molecule has 1 saturated heterocycles. The number of halogens is 2. The number of likely N-dealkylation sites (tertiary alicyclic amines) is 1. The van der Waals surface area contributed by atoms with Crippen LogP contribution in [0.5, 0.6) is 0 Å². The predicted octanol–water partition coefficient (Wildman–Crippen LogP) is 3.70. The molecular formula is C19H17F2NO2. The first-order chi connectivity index (χ1) is 11.5. The number of nitrogens with zero attached hydrogens (tertiary/aromatic N) is 1. The summed E-state index contributed by atoms with van der Waals surface area (Å²) in [6.07, 6.45) is 1.11. The Morgan fingerprint density at radius 2 is 1.46 bits per heavy atom. The fourth-order valence-corrected chi connectivity index (χ4v) is 3.04. The molecule has 5 heteroatoms. The molecule has 0 spiro atoms. The summed E-state index contributed by atoms with van der Waals surface area (Å²) in [6, 6.07) is 11.9. The first kappa shape index (κ1) is 16.3. The third-order valence-electron chi connectivity index (χ3n) is 4.32. The van der Waals surface area contributed by atoms with Crippen LogP contribution in [0, 0.1) is 17.6 Å². The third-order valence-corrected chi connectivity index (χ3v) is 4.32. The number of hydrogen-bond donors (Lipinski definition) is 0. The lowest BCUT2D eigenvalue weighted by atomic mass is 9.88. The van der Waals surface area contributed by atoms with Gasteiger partial charge in [-0.2, -0.15) is 0 Å². The molecule has 0 saturated carbocycles. The molecule has 0 radical (unpaired) electrons. The van der Waals surface area contributed by atoms with Crippen molar-refractivity contribution in [3.8, 4) is 0 Å². The molecule has 1 fully saturated rings. The molecule has 0 unspecified atom stereocenters. The highest BCUT2D eigenvalue weighted by atomic mass is 19.1. The molecule has 2 aromatic carbocycles. The van der Waals surface area contributed by atoms with E-state index in [0.29, 0.717) is 31.5 Å². The topological polar surface area (TPSA) is 37.4 Å². The number of amides is 1. The Hall–Kier alpha value is -2.56. The minimum atomic E-state index is -0.771. The first-order valence-corrected chi connectivity index (χ1v) is 7.89. The van der Waals surface area contributed by atoms with Crippen molar-refractivity contribution in [2.75, 3.05) is 13.1 Å². The van der Waals surface area contributed by atoms with Crippen molar-refractivity contribution in [3.63, 3.8) is 0 Å². The Kier molecular flexibility index (Phi) is 4.69. The lowest BCUT2D eigenvalue weighted by Gasteiger charge is -2.31. The summed E-state index contributed by atoms with van der Waals surface area (Å²) in [5.74, 6) is -1.99. The molecule has 24 heavy (non-hydrogen) atoms. The van der Waals surface area contributed by atoms with Gasteiger partial charge in [-0.1, -0.05) is 30.3 Å². The van der Waals surface area contributed by atoms with Crippen LogP contribution in [0.1, 0.15) is 33.6 Å². The SMILES string of the molecule is O=C(c1ccccc1)C1CCN(C(=O)c2cc(F)cc(F)c2)CC1. The molecule has 0 aliphatic carbocycles. The smallest absolute Gasteiger partial charge is 0.254 e. The van der Waals surface area contributed by atoms with Gasteiger partial charge in [0.1, 0.15) is 11.6 Å². The van der Waals surface area contributed by atoms with E-state index in [4.69, 9.17) is 0 Å². The van der Waals surface area contributed by atoms with E-state index >= 15 is 0 Å². The summed E-state index contributed by atoms with van der Waals surface area (Å²) >= 11 is 0. The molecule has 3 rings (SSSR count). The summed E-state index contributed by atoms with van der Waals surface area (Å²) in [6.45, 7) is 0.806. The molecule has 0 bridgehead atoms. The van der Waals surface area contributed by atoms with Crippen molar-refractivity contribution in [1.29, 1.82) is 0 Å². The van der Waals surface area contributed by atoms with Crippen LogP contribution in [-0.2, 0) is 0 Å². The van der Waals surface area contributed by atoms with Crippen LogP contribution < -0.4 is 0 Å². The maximum Gasteiger partial charge on any atom is 0.254 e. The van der Waals surface area contributed by atoms with Gasteiger partial charge < -0.3 is 4.90 Å². The van der Waals surface area contributed by atoms with Crippen LogP contribution in [0.2, 0.25) is 0 Å². The van der Waals surface area contributed by atoms with Crippen molar-refractivity contribution in [2.45, 2.75) is 12.8 Å². The quantitative estimate of drug-likeness (QED) is 0.805. The third kappa shape index (κ3) is 3.50. The van der Waals surface area contributed by atoms with E-state index in [-0.39, 0.29) is 17.3 Å². The van der Waals surface area contributed by atoms with Gasteiger partial charge in [-0.15, -0.1) is 0 Å². The molecular weight excluding hydrogens is 312 g/mol. The average molecular weight is 329 g/mol. The van der Waals surface area contributed by atoms with E-state index in [1.54, 1.807) is 17.0 Å². The molecule has 1 amide bonds. The van der Waals surface area contributed by atoms with Crippen LogP contribution >= 0.6 is 0 Å². The summed E-state index contributed by atoms with van der Waals surface area (Å²) in [4.78, 5) is 26.3. The Balaban J connectivity index is 1.64. The van der Waals surface area contributed by atoms with Gasteiger partial charge in [0, 0.05) is 36.2 Å². The number of hydrogen-bond acceptors (Lipinski definition) is 2. The van der Waals surface area contributed by atoms with Crippen LogP contribution in [0.3, 0.4) is 0 Å². The predicted molar refractivity (Wildman–Crippen MR) is 85.8 cm³/mol.